The number of H-pyrrole nitrogens is 1. The fraction of sp³-hybridized carbons (Fsp3) is 0.125. The van der Waals surface area contributed by atoms with Gasteiger partial charge in [0, 0.05) is 17.2 Å². The number of amides is 1. The molecule has 0 unspecified atom stereocenters. The molecule has 0 saturated heterocycles. The predicted molar refractivity (Wildman–Crippen MR) is 119 cm³/mol. The number of nitrogens with one attached hydrogen (secondary N) is 1. The molecule has 0 fully saturated rings. The van der Waals surface area contributed by atoms with Crippen LogP contribution in [0.25, 0.3) is 33.7 Å². The van der Waals surface area contributed by atoms with Crippen LogP contribution in [0.3, 0.4) is 0 Å². The van der Waals surface area contributed by atoms with Crippen molar-refractivity contribution in [3.63, 3.8) is 0 Å². The van der Waals surface area contributed by atoms with Crippen molar-refractivity contribution < 1.29 is 40.3 Å². The first-order chi connectivity index (χ1) is 17.9. The van der Waals surface area contributed by atoms with Crippen LogP contribution >= 0.6 is 0 Å². The highest BCUT2D eigenvalue weighted by Gasteiger charge is 2.39. The standard InChI is InChI=1S/C24H14F6N6O2/c25-23(26,27)12-5-6-16(17(7-12)24(28,29)30)18-8-13(38-35-18)10-36-11-20-19(9-32-36)33-22(34-20)15-4-2-1-3-14(15)21(31)37/h1-9,11H,10H2,(H2,31,37)/p+1. The van der Waals surface area contributed by atoms with Crippen molar-refractivity contribution >= 4 is 16.9 Å². The van der Waals surface area contributed by atoms with Gasteiger partial charge in [-0.2, -0.15) is 26.3 Å². The third kappa shape index (κ3) is 4.79. The van der Waals surface area contributed by atoms with Crippen LogP contribution < -0.4 is 10.4 Å². The van der Waals surface area contributed by atoms with E-state index in [1.165, 1.54) is 16.9 Å². The van der Waals surface area contributed by atoms with Gasteiger partial charge in [-0.25, -0.2) is 4.98 Å². The second-order valence-electron chi connectivity index (χ2n) is 8.20. The summed E-state index contributed by atoms with van der Waals surface area (Å²) in [7, 11) is 0. The number of carbonyl (C=O) groups excluding carboxylic acids is 1. The zero-order chi connectivity index (χ0) is 27.2. The smallest absolute Gasteiger partial charge is 0.366 e. The maximum Gasteiger partial charge on any atom is 0.417 e. The largest absolute Gasteiger partial charge is 0.417 e. The van der Waals surface area contributed by atoms with Crippen LogP contribution in [0.5, 0.6) is 0 Å². The average Bonchev–Trinajstić information content (AvgIpc) is 3.49. The summed E-state index contributed by atoms with van der Waals surface area (Å²) < 4.78 is 86.0. The predicted octanol–water partition coefficient (Wildman–Crippen LogP) is 4.75. The molecule has 3 aromatic heterocycles. The van der Waals surface area contributed by atoms with E-state index in [4.69, 9.17) is 10.3 Å². The van der Waals surface area contributed by atoms with Crippen LogP contribution in [0.2, 0.25) is 0 Å². The topological polar surface area (TPSA) is 115 Å². The van der Waals surface area contributed by atoms with Gasteiger partial charge in [0.15, 0.2) is 0 Å². The zero-order valence-electron chi connectivity index (χ0n) is 18.9. The first-order valence-corrected chi connectivity index (χ1v) is 10.8. The van der Waals surface area contributed by atoms with Gasteiger partial charge in [0.2, 0.25) is 24.4 Å². The number of nitrogens with two attached hydrogens (primary N) is 1. The van der Waals surface area contributed by atoms with Crippen molar-refractivity contribution in [1.29, 1.82) is 0 Å². The molecule has 3 heterocycles. The minimum Gasteiger partial charge on any atom is -0.366 e. The molecule has 0 saturated carbocycles. The normalized spacial score (nSPS) is 12.3. The molecule has 3 N–H and O–H groups in total. The summed E-state index contributed by atoms with van der Waals surface area (Å²) in [5, 5.41) is 7.81. The summed E-state index contributed by atoms with van der Waals surface area (Å²) in [6, 6.07) is 9.11. The fourth-order valence-electron chi connectivity index (χ4n) is 3.88. The number of fused-ring (bicyclic) bond motifs is 1. The number of aromatic amines is 1. The third-order valence-electron chi connectivity index (χ3n) is 5.62. The Kier molecular flexibility index (Phi) is 5.88. The van der Waals surface area contributed by atoms with Crippen molar-refractivity contribution in [1.82, 2.24) is 20.2 Å². The summed E-state index contributed by atoms with van der Waals surface area (Å²) >= 11 is 0. The van der Waals surface area contributed by atoms with E-state index in [-0.39, 0.29) is 29.6 Å². The van der Waals surface area contributed by atoms with E-state index in [2.05, 4.69) is 20.2 Å². The number of nitrogens with zero attached hydrogens (tertiary/aromatic N) is 4. The Morgan fingerprint density at radius 2 is 1.76 bits per heavy atom. The lowest BCUT2D eigenvalue weighted by atomic mass is 10.0. The van der Waals surface area contributed by atoms with Gasteiger partial charge in [-0.05, 0) is 23.3 Å². The third-order valence-corrected chi connectivity index (χ3v) is 5.62. The maximum atomic E-state index is 13.5. The number of imidazole rings is 1. The molecule has 5 aromatic rings. The van der Waals surface area contributed by atoms with Crippen molar-refractivity contribution in [3.8, 4) is 22.6 Å². The first kappa shape index (κ1) is 24.9. The van der Waals surface area contributed by atoms with Crippen LogP contribution in [0, 0.1) is 0 Å². The Balaban J connectivity index is 1.44. The molecule has 194 valence electrons. The molecule has 8 nitrogen and oxygen atoms in total. The van der Waals surface area contributed by atoms with Gasteiger partial charge in [-0.15, -0.1) is 0 Å². The van der Waals surface area contributed by atoms with Crippen molar-refractivity contribution in [2.45, 2.75) is 18.9 Å². The lowest BCUT2D eigenvalue weighted by Crippen LogP contribution is -2.37. The van der Waals surface area contributed by atoms with E-state index in [0.717, 1.165) is 0 Å². The van der Waals surface area contributed by atoms with E-state index in [1.807, 2.05) is 0 Å². The van der Waals surface area contributed by atoms with Crippen LogP contribution in [0.4, 0.5) is 26.3 Å². The molecular weight excluding hydrogens is 518 g/mol. The SMILES string of the molecule is NC(=O)c1ccccc1-c1nc2cn[n+](Cc3cc(-c4ccc(C(F)(F)F)cc4C(F)(F)F)no3)cc2[nH]1. The summed E-state index contributed by atoms with van der Waals surface area (Å²) in [6.45, 7) is -0.0584. The van der Waals surface area contributed by atoms with Gasteiger partial charge in [0.05, 0.1) is 16.7 Å². The number of hydrogen-bond acceptors (Lipinski definition) is 5. The highest BCUT2D eigenvalue weighted by molar-refractivity contribution is 5.99. The molecule has 2 aromatic carbocycles. The lowest BCUT2D eigenvalue weighted by molar-refractivity contribution is -0.746. The number of aromatic nitrogens is 5. The monoisotopic (exact) mass is 533 g/mol. The minimum atomic E-state index is -5.05. The van der Waals surface area contributed by atoms with E-state index in [0.29, 0.717) is 34.6 Å². The second-order valence-corrected chi connectivity index (χ2v) is 8.20. The number of rotatable bonds is 5. The number of alkyl halides is 6. The molecule has 14 heteroatoms. The molecule has 0 bridgehead atoms. The van der Waals surface area contributed by atoms with E-state index in [1.54, 1.807) is 30.5 Å². The Labute approximate surface area is 208 Å². The highest BCUT2D eigenvalue weighted by atomic mass is 19.4. The molecular formula is C24H15F6N6O2+. The molecule has 5 rings (SSSR count). The van der Waals surface area contributed by atoms with Gasteiger partial charge in [0.25, 0.3) is 0 Å². The Morgan fingerprint density at radius 3 is 2.47 bits per heavy atom. The lowest BCUT2D eigenvalue weighted by Gasteiger charge is -2.14. The van der Waals surface area contributed by atoms with Crippen LogP contribution in [-0.2, 0) is 18.9 Å². The Morgan fingerprint density at radius 1 is 1.00 bits per heavy atom. The van der Waals surface area contributed by atoms with Crippen molar-refractivity contribution in [2.75, 3.05) is 0 Å². The Bertz CT molecular complexity index is 1670. The van der Waals surface area contributed by atoms with E-state index >= 15 is 0 Å². The maximum absolute atomic E-state index is 13.5. The summed E-state index contributed by atoms with van der Waals surface area (Å²) in [6.07, 6.45) is -7.01. The Hall–Kier alpha value is -4.75. The van der Waals surface area contributed by atoms with E-state index in [9.17, 15) is 31.1 Å². The fourth-order valence-corrected chi connectivity index (χ4v) is 3.88. The second kappa shape index (κ2) is 8.97. The van der Waals surface area contributed by atoms with Gasteiger partial charge >= 0.3 is 12.4 Å². The van der Waals surface area contributed by atoms with Crippen LogP contribution in [0.15, 0.2) is 65.4 Å². The molecule has 1 amide bonds. The number of benzene rings is 2. The zero-order valence-corrected chi connectivity index (χ0v) is 18.9. The number of primary amides is 1. The highest BCUT2D eigenvalue weighted by Crippen LogP contribution is 2.40. The van der Waals surface area contributed by atoms with Crippen molar-refractivity contribution in [2.24, 2.45) is 5.73 Å². The molecule has 0 atom stereocenters. The molecule has 0 spiro atoms. The summed E-state index contributed by atoms with van der Waals surface area (Å²) in [5.41, 5.74) is 3.42. The number of halogens is 6. The number of carbonyl (C=O) groups is 1. The van der Waals surface area contributed by atoms with Gasteiger partial charge in [0.1, 0.15) is 28.7 Å². The summed E-state index contributed by atoms with van der Waals surface area (Å²) in [4.78, 5) is 19.2. The van der Waals surface area contributed by atoms with Gasteiger partial charge < -0.3 is 15.2 Å². The van der Waals surface area contributed by atoms with Crippen molar-refractivity contribution in [3.05, 3.63) is 83.4 Å². The number of hydrogen-bond donors (Lipinski definition) is 2. The molecule has 0 aliphatic heterocycles. The molecule has 0 aliphatic rings. The minimum absolute atomic E-state index is 0.0418. The van der Waals surface area contributed by atoms with Gasteiger partial charge in [-0.3, -0.25) is 4.79 Å². The first-order valence-electron chi connectivity index (χ1n) is 10.8. The average molecular weight is 533 g/mol. The van der Waals surface area contributed by atoms with Gasteiger partial charge in [-0.1, -0.05) is 34.1 Å². The summed E-state index contributed by atoms with van der Waals surface area (Å²) in [5.74, 6) is -0.154. The van der Waals surface area contributed by atoms with Crippen LogP contribution in [-0.4, -0.2) is 26.1 Å². The molecule has 0 radical (unpaired) electrons. The molecule has 0 aliphatic carbocycles. The molecule has 38 heavy (non-hydrogen) atoms. The quantitative estimate of drug-likeness (QED) is 0.250. The van der Waals surface area contributed by atoms with E-state index < -0.39 is 35.0 Å². The van der Waals surface area contributed by atoms with Crippen LogP contribution in [0.1, 0.15) is 27.2 Å².